The molecule has 0 aliphatic carbocycles. The van der Waals surface area contributed by atoms with Gasteiger partial charge in [0.1, 0.15) is 24.4 Å². The van der Waals surface area contributed by atoms with Crippen molar-refractivity contribution >= 4 is 17.5 Å². The Morgan fingerprint density at radius 2 is 2.11 bits per heavy atom. The molecule has 1 fully saturated rings. The molecular formula is C16H20N4O7. The van der Waals surface area contributed by atoms with Gasteiger partial charge < -0.3 is 35.8 Å². The number of azo groups is 1. The van der Waals surface area contributed by atoms with Crippen molar-refractivity contribution in [3.63, 3.8) is 0 Å². The lowest BCUT2D eigenvalue weighted by Crippen LogP contribution is -2.64. The minimum Gasteiger partial charge on any atom is -0.398 e. The number of nitrogen functional groups attached to an aromatic ring is 1. The number of fused-ring (bicyclic) bond motifs is 1. The van der Waals surface area contributed by atoms with E-state index in [1.165, 1.54) is 13.0 Å². The number of nitrogens with one attached hydrogen (secondary N) is 1. The summed E-state index contributed by atoms with van der Waals surface area (Å²) < 4.78 is 11.2. The monoisotopic (exact) mass is 380 g/mol. The summed E-state index contributed by atoms with van der Waals surface area (Å²) in [5.41, 5.74) is 6.53. The van der Waals surface area contributed by atoms with Gasteiger partial charge in [-0.1, -0.05) is 12.1 Å². The van der Waals surface area contributed by atoms with Crippen LogP contribution in [0.15, 0.2) is 28.4 Å². The van der Waals surface area contributed by atoms with Crippen LogP contribution in [0, 0.1) is 0 Å². The summed E-state index contributed by atoms with van der Waals surface area (Å²) in [4.78, 5) is 23.4. The van der Waals surface area contributed by atoms with Crippen molar-refractivity contribution in [1.29, 1.82) is 0 Å². The molecule has 11 heteroatoms. The summed E-state index contributed by atoms with van der Waals surface area (Å²) in [5, 5.41) is 39.4. The highest BCUT2D eigenvalue weighted by Crippen LogP contribution is 2.34. The molecule has 27 heavy (non-hydrogen) atoms. The Morgan fingerprint density at radius 1 is 1.37 bits per heavy atom. The van der Waals surface area contributed by atoms with Crippen LogP contribution in [0.4, 0.5) is 5.69 Å². The van der Waals surface area contributed by atoms with Gasteiger partial charge in [-0.3, -0.25) is 9.59 Å². The van der Waals surface area contributed by atoms with E-state index in [2.05, 4.69) is 15.5 Å². The second-order valence-electron chi connectivity index (χ2n) is 6.25. The number of ether oxygens (including phenoxy) is 2. The lowest BCUT2D eigenvalue weighted by atomic mass is 9.96. The average Bonchev–Trinajstić information content (AvgIpc) is 2.63. The van der Waals surface area contributed by atoms with E-state index in [1.54, 1.807) is 12.1 Å². The number of carbonyl (C=O) groups excluding carboxylic acids is 2. The maximum Gasteiger partial charge on any atom is 0.297 e. The molecule has 1 saturated heterocycles. The van der Waals surface area contributed by atoms with Crippen molar-refractivity contribution in [2.24, 2.45) is 10.2 Å². The number of amides is 2. The van der Waals surface area contributed by atoms with Crippen LogP contribution in [0.3, 0.4) is 0 Å². The maximum atomic E-state index is 12.0. The Balaban J connectivity index is 1.90. The standard InChI is InChI=1S/C16H20N4O7/c1-6(22)18-11-13(24)12(23)9(5-21)26-16(11)27-15-7-3-2-4-8(17)10(7)14(25)19-20-15/h2-4,9,11-13,15-16,21,23-24H,5,17H2,1H3,(H,18,22). The molecular weight excluding hydrogens is 360 g/mol. The molecule has 6 atom stereocenters. The van der Waals surface area contributed by atoms with Gasteiger partial charge in [0.25, 0.3) is 5.91 Å². The molecule has 0 aromatic heterocycles. The predicted molar refractivity (Wildman–Crippen MR) is 89.2 cm³/mol. The van der Waals surface area contributed by atoms with Crippen LogP contribution in [-0.4, -0.2) is 64.4 Å². The number of nitrogens with two attached hydrogens (primary N) is 1. The van der Waals surface area contributed by atoms with Gasteiger partial charge in [-0.15, -0.1) is 10.2 Å². The van der Waals surface area contributed by atoms with Crippen molar-refractivity contribution in [2.45, 2.75) is 43.8 Å². The fourth-order valence-electron chi connectivity index (χ4n) is 3.07. The SMILES string of the molecule is CC(=O)NC1C(OC2N=NC(=O)c3c(N)cccc32)OC(CO)C(O)C1O. The minimum absolute atomic E-state index is 0.142. The van der Waals surface area contributed by atoms with Crippen molar-refractivity contribution in [3.05, 3.63) is 29.3 Å². The summed E-state index contributed by atoms with van der Waals surface area (Å²) in [5.74, 6) is -1.11. The van der Waals surface area contributed by atoms with E-state index in [0.29, 0.717) is 5.56 Å². The first-order valence-corrected chi connectivity index (χ1v) is 8.22. The number of rotatable bonds is 4. The molecule has 1 aromatic rings. The lowest BCUT2D eigenvalue weighted by Gasteiger charge is -2.42. The van der Waals surface area contributed by atoms with E-state index >= 15 is 0 Å². The highest BCUT2D eigenvalue weighted by atomic mass is 16.7. The van der Waals surface area contributed by atoms with Crippen LogP contribution in [0.2, 0.25) is 0 Å². The van der Waals surface area contributed by atoms with Crippen LogP contribution in [0.5, 0.6) is 0 Å². The second-order valence-corrected chi connectivity index (χ2v) is 6.25. The van der Waals surface area contributed by atoms with Crippen molar-refractivity contribution in [3.8, 4) is 0 Å². The number of benzene rings is 1. The molecule has 0 spiro atoms. The zero-order valence-electron chi connectivity index (χ0n) is 14.3. The van der Waals surface area contributed by atoms with Gasteiger partial charge >= 0.3 is 0 Å². The molecule has 2 amide bonds. The number of nitrogens with zero attached hydrogens (tertiary/aromatic N) is 2. The van der Waals surface area contributed by atoms with Crippen LogP contribution in [0.1, 0.15) is 29.1 Å². The molecule has 6 unspecified atom stereocenters. The van der Waals surface area contributed by atoms with E-state index in [0.717, 1.165) is 0 Å². The summed E-state index contributed by atoms with van der Waals surface area (Å²) in [6, 6.07) is 3.59. The van der Waals surface area contributed by atoms with Crippen LogP contribution >= 0.6 is 0 Å². The lowest BCUT2D eigenvalue weighted by molar-refractivity contribution is -0.283. The molecule has 2 aliphatic rings. The first kappa shape index (κ1) is 19.3. The van der Waals surface area contributed by atoms with Crippen molar-refractivity contribution in [2.75, 3.05) is 12.3 Å². The Bertz CT molecular complexity index is 771. The number of aliphatic hydroxyl groups is 3. The van der Waals surface area contributed by atoms with E-state index in [-0.39, 0.29) is 11.3 Å². The van der Waals surface area contributed by atoms with Crippen LogP contribution in [-0.2, 0) is 14.3 Å². The third kappa shape index (κ3) is 3.68. The van der Waals surface area contributed by atoms with Gasteiger partial charge in [0.05, 0.1) is 12.2 Å². The first-order chi connectivity index (χ1) is 12.8. The van der Waals surface area contributed by atoms with Gasteiger partial charge in [0, 0.05) is 18.2 Å². The summed E-state index contributed by atoms with van der Waals surface area (Å²) in [7, 11) is 0. The molecule has 11 nitrogen and oxygen atoms in total. The van der Waals surface area contributed by atoms with Crippen LogP contribution < -0.4 is 11.1 Å². The van der Waals surface area contributed by atoms with E-state index in [9.17, 15) is 24.9 Å². The van der Waals surface area contributed by atoms with E-state index in [1.807, 2.05) is 0 Å². The molecule has 0 bridgehead atoms. The zero-order chi connectivity index (χ0) is 19.7. The first-order valence-electron chi connectivity index (χ1n) is 8.22. The zero-order valence-corrected chi connectivity index (χ0v) is 14.3. The molecule has 3 rings (SSSR count). The fraction of sp³-hybridized carbons (Fsp3) is 0.500. The number of hydrogen-bond donors (Lipinski definition) is 5. The van der Waals surface area contributed by atoms with Crippen molar-refractivity contribution in [1.82, 2.24) is 5.32 Å². The van der Waals surface area contributed by atoms with Crippen molar-refractivity contribution < 1.29 is 34.4 Å². The summed E-state index contributed by atoms with van der Waals surface area (Å²) in [6.07, 6.45) is -6.42. The average molecular weight is 380 g/mol. The van der Waals surface area contributed by atoms with Gasteiger partial charge in [-0.25, -0.2) is 0 Å². The molecule has 0 radical (unpaired) electrons. The van der Waals surface area contributed by atoms with E-state index < -0.39 is 55.3 Å². The normalized spacial score (nSPS) is 32.8. The minimum atomic E-state index is -1.47. The fourth-order valence-corrected chi connectivity index (χ4v) is 3.07. The Hall–Kier alpha value is -2.44. The quantitative estimate of drug-likeness (QED) is 0.406. The molecule has 0 saturated carbocycles. The van der Waals surface area contributed by atoms with Crippen LogP contribution in [0.25, 0.3) is 0 Å². The Morgan fingerprint density at radius 3 is 2.78 bits per heavy atom. The number of aliphatic hydroxyl groups excluding tert-OH is 3. The van der Waals surface area contributed by atoms with E-state index in [4.69, 9.17) is 15.2 Å². The molecule has 2 aliphatic heterocycles. The molecule has 2 heterocycles. The summed E-state index contributed by atoms with van der Waals surface area (Å²) in [6.45, 7) is 0.641. The smallest absolute Gasteiger partial charge is 0.297 e. The Labute approximate surface area is 153 Å². The van der Waals surface area contributed by atoms with Gasteiger partial charge in [0.2, 0.25) is 5.91 Å². The molecule has 6 N–H and O–H groups in total. The predicted octanol–water partition coefficient (Wildman–Crippen LogP) is -1.17. The topological polar surface area (TPSA) is 176 Å². The number of hydrogen-bond acceptors (Lipinski definition) is 9. The third-order valence-corrected chi connectivity index (χ3v) is 4.38. The highest BCUT2D eigenvalue weighted by molar-refractivity contribution is 6.01. The third-order valence-electron chi connectivity index (χ3n) is 4.38. The molecule has 1 aromatic carbocycles. The largest absolute Gasteiger partial charge is 0.398 e. The number of carbonyl (C=O) groups is 2. The van der Waals surface area contributed by atoms with Gasteiger partial charge in [-0.2, -0.15) is 0 Å². The Kier molecular flexibility index (Phi) is 5.48. The molecule has 146 valence electrons. The van der Waals surface area contributed by atoms with Gasteiger partial charge in [0.15, 0.2) is 12.5 Å². The van der Waals surface area contributed by atoms with Gasteiger partial charge in [-0.05, 0) is 6.07 Å². The summed E-state index contributed by atoms with van der Waals surface area (Å²) >= 11 is 0. The number of anilines is 1. The highest BCUT2D eigenvalue weighted by Gasteiger charge is 2.46. The second kappa shape index (κ2) is 7.66. The maximum absolute atomic E-state index is 12.0.